The van der Waals surface area contributed by atoms with Crippen LogP contribution in [0.15, 0.2) is 30.3 Å². The summed E-state index contributed by atoms with van der Waals surface area (Å²) < 4.78 is 0. The van der Waals surface area contributed by atoms with Crippen molar-refractivity contribution in [3.63, 3.8) is 0 Å². The highest BCUT2D eigenvalue weighted by molar-refractivity contribution is 5.85. The molecule has 2 rings (SSSR count). The van der Waals surface area contributed by atoms with Gasteiger partial charge in [-0.1, -0.05) is 36.8 Å². The second-order valence-corrected chi connectivity index (χ2v) is 5.12. The standard InChI is InChI=1S/C15H19NO3/c1-10(11-6-3-2-4-7-11)16-14(17)12-8-5-9-13(12)15(18)19/h2-4,6-7,10,12-13H,5,8-9H2,1H3,(H,16,17)(H,18,19)/t10?,12-,13+/m1/s1. The monoisotopic (exact) mass is 261 g/mol. The topological polar surface area (TPSA) is 66.4 Å². The number of nitrogens with one attached hydrogen (secondary N) is 1. The van der Waals surface area contributed by atoms with E-state index in [1.165, 1.54) is 0 Å². The maximum absolute atomic E-state index is 12.2. The molecule has 1 aliphatic carbocycles. The van der Waals surface area contributed by atoms with Gasteiger partial charge in [0.2, 0.25) is 5.91 Å². The van der Waals surface area contributed by atoms with Gasteiger partial charge in [-0.25, -0.2) is 0 Å². The molecule has 1 unspecified atom stereocenters. The minimum absolute atomic E-state index is 0.0938. The molecule has 1 aromatic carbocycles. The molecule has 0 saturated heterocycles. The molecule has 0 spiro atoms. The summed E-state index contributed by atoms with van der Waals surface area (Å²) >= 11 is 0. The number of benzene rings is 1. The zero-order valence-corrected chi connectivity index (χ0v) is 11.0. The van der Waals surface area contributed by atoms with E-state index in [-0.39, 0.29) is 17.9 Å². The molecule has 1 amide bonds. The maximum atomic E-state index is 12.2. The van der Waals surface area contributed by atoms with E-state index in [0.29, 0.717) is 12.8 Å². The van der Waals surface area contributed by atoms with Crippen molar-refractivity contribution in [2.75, 3.05) is 0 Å². The van der Waals surface area contributed by atoms with E-state index in [9.17, 15) is 9.59 Å². The average Bonchev–Trinajstić information content (AvgIpc) is 2.89. The molecule has 0 heterocycles. The van der Waals surface area contributed by atoms with Gasteiger partial charge >= 0.3 is 5.97 Å². The number of aliphatic carboxylic acids is 1. The first-order valence-electron chi connectivity index (χ1n) is 6.67. The number of hydrogen-bond acceptors (Lipinski definition) is 2. The molecule has 4 heteroatoms. The van der Waals surface area contributed by atoms with Crippen LogP contribution < -0.4 is 5.32 Å². The number of carbonyl (C=O) groups is 2. The van der Waals surface area contributed by atoms with Gasteiger partial charge in [0.1, 0.15) is 0 Å². The molecule has 1 fully saturated rings. The lowest BCUT2D eigenvalue weighted by molar-refractivity contribution is -0.146. The Hall–Kier alpha value is -1.84. The minimum Gasteiger partial charge on any atom is -0.481 e. The van der Waals surface area contributed by atoms with Crippen LogP contribution in [0.2, 0.25) is 0 Å². The predicted molar refractivity (Wildman–Crippen MR) is 71.5 cm³/mol. The van der Waals surface area contributed by atoms with Gasteiger partial charge in [-0.15, -0.1) is 0 Å². The summed E-state index contributed by atoms with van der Waals surface area (Å²) in [5, 5.41) is 12.0. The van der Waals surface area contributed by atoms with Gasteiger partial charge in [0.25, 0.3) is 0 Å². The van der Waals surface area contributed by atoms with Crippen molar-refractivity contribution in [2.24, 2.45) is 11.8 Å². The summed E-state index contributed by atoms with van der Waals surface area (Å²) in [5.74, 6) is -1.90. The van der Waals surface area contributed by atoms with Crippen molar-refractivity contribution in [2.45, 2.75) is 32.2 Å². The summed E-state index contributed by atoms with van der Waals surface area (Å²) in [5.41, 5.74) is 1.03. The lowest BCUT2D eigenvalue weighted by atomic mass is 9.94. The fraction of sp³-hybridized carbons (Fsp3) is 0.467. The van der Waals surface area contributed by atoms with Crippen LogP contribution in [0.1, 0.15) is 37.8 Å². The van der Waals surface area contributed by atoms with E-state index in [1.807, 2.05) is 37.3 Å². The molecule has 1 aromatic rings. The van der Waals surface area contributed by atoms with Gasteiger partial charge in [0.05, 0.1) is 17.9 Å². The van der Waals surface area contributed by atoms with Crippen LogP contribution in [0.4, 0.5) is 0 Å². The third-order valence-electron chi connectivity index (χ3n) is 3.83. The Morgan fingerprint density at radius 3 is 2.47 bits per heavy atom. The van der Waals surface area contributed by atoms with Crippen LogP contribution in [-0.2, 0) is 9.59 Å². The molecule has 3 atom stereocenters. The molecule has 102 valence electrons. The third-order valence-corrected chi connectivity index (χ3v) is 3.83. The van der Waals surface area contributed by atoms with Gasteiger partial charge in [0.15, 0.2) is 0 Å². The highest BCUT2D eigenvalue weighted by atomic mass is 16.4. The maximum Gasteiger partial charge on any atom is 0.307 e. The Morgan fingerprint density at radius 1 is 1.21 bits per heavy atom. The molecule has 1 aliphatic rings. The Balaban J connectivity index is 1.99. The van der Waals surface area contributed by atoms with Crippen LogP contribution in [0.25, 0.3) is 0 Å². The molecule has 0 aliphatic heterocycles. The molecule has 0 aromatic heterocycles. The Labute approximate surface area is 112 Å². The van der Waals surface area contributed by atoms with Crippen molar-refractivity contribution in [3.8, 4) is 0 Å². The van der Waals surface area contributed by atoms with Crippen molar-refractivity contribution in [1.29, 1.82) is 0 Å². The zero-order valence-electron chi connectivity index (χ0n) is 11.0. The molecule has 2 N–H and O–H groups in total. The van der Waals surface area contributed by atoms with E-state index in [4.69, 9.17) is 5.11 Å². The van der Waals surface area contributed by atoms with Gasteiger partial charge < -0.3 is 10.4 Å². The first-order chi connectivity index (χ1) is 9.09. The smallest absolute Gasteiger partial charge is 0.307 e. The second kappa shape index (κ2) is 5.87. The highest BCUT2D eigenvalue weighted by Gasteiger charge is 2.37. The second-order valence-electron chi connectivity index (χ2n) is 5.12. The van der Waals surface area contributed by atoms with Crippen LogP contribution in [0, 0.1) is 11.8 Å². The van der Waals surface area contributed by atoms with Gasteiger partial charge in [0, 0.05) is 0 Å². The fourth-order valence-electron chi connectivity index (χ4n) is 2.71. The van der Waals surface area contributed by atoms with Crippen molar-refractivity contribution in [3.05, 3.63) is 35.9 Å². The summed E-state index contributed by atoms with van der Waals surface area (Å²) in [7, 11) is 0. The number of carboxylic acid groups (broad SMARTS) is 1. The fourth-order valence-corrected chi connectivity index (χ4v) is 2.71. The molecule has 0 bridgehead atoms. The predicted octanol–water partition coefficient (Wildman–Crippen LogP) is 2.36. The largest absolute Gasteiger partial charge is 0.481 e. The summed E-state index contributed by atoms with van der Waals surface area (Å²) in [6.45, 7) is 1.91. The van der Waals surface area contributed by atoms with E-state index in [1.54, 1.807) is 0 Å². The van der Waals surface area contributed by atoms with Crippen LogP contribution in [0.3, 0.4) is 0 Å². The molecular weight excluding hydrogens is 242 g/mol. The molecule has 19 heavy (non-hydrogen) atoms. The Morgan fingerprint density at radius 2 is 1.84 bits per heavy atom. The first-order valence-corrected chi connectivity index (χ1v) is 6.67. The minimum atomic E-state index is -0.856. The molecular formula is C15H19NO3. The third kappa shape index (κ3) is 3.13. The summed E-state index contributed by atoms with van der Waals surface area (Å²) in [6.07, 6.45) is 2.09. The van der Waals surface area contributed by atoms with Crippen LogP contribution in [0.5, 0.6) is 0 Å². The Kier molecular flexibility index (Phi) is 4.20. The average molecular weight is 261 g/mol. The number of carboxylic acids is 1. The lowest BCUT2D eigenvalue weighted by Crippen LogP contribution is -2.36. The quantitative estimate of drug-likeness (QED) is 0.874. The normalized spacial score (nSPS) is 23.8. The van der Waals surface area contributed by atoms with E-state index in [2.05, 4.69) is 5.32 Å². The zero-order chi connectivity index (χ0) is 13.8. The van der Waals surface area contributed by atoms with Gasteiger partial charge in [-0.3, -0.25) is 9.59 Å². The summed E-state index contributed by atoms with van der Waals surface area (Å²) in [6, 6.07) is 9.59. The highest BCUT2D eigenvalue weighted by Crippen LogP contribution is 2.32. The number of carbonyl (C=O) groups excluding carboxylic acids is 1. The SMILES string of the molecule is CC(NC(=O)[C@@H]1CCC[C@@H]1C(=O)O)c1ccccc1. The van der Waals surface area contributed by atoms with E-state index >= 15 is 0 Å². The first kappa shape index (κ1) is 13.6. The van der Waals surface area contributed by atoms with E-state index < -0.39 is 11.9 Å². The number of amides is 1. The molecule has 4 nitrogen and oxygen atoms in total. The summed E-state index contributed by atoms with van der Waals surface area (Å²) in [4.78, 5) is 23.3. The molecule has 0 radical (unpaired) electrons. The van der Waals surface area contributed by atoms with Gasteiger partial charge in [-0.2, -0.15) is 0 Å². The van der Waals surface area contributed by atoms with Crippen LogP contribution >= 0.6 is 0 Å². The van der Waals surface area contributed by atoms with Crippen molar-refractivity contribution in [1.82, 2.24) is 5.32 Å². The van der Waals surface area contributed by atoms with E-state index in [0.717, 1.165) is 12.0 Å². The van der Waals surface area contributed by atoms with Gasteiger partial charge in [-0.05, 0) is 25.3 Å². The van der Waals surface area contributed by atoms with Crippen LogP contribution in [-0.4, -0.2) is 17.0 Å². The number of rotatable bonds is 4. The van der Waals surface area contributed by atoms with Crippen molar-refractivity contribution >= 4 is 11.9 Å². The molecule has 1 saturated carbocycles. The van der Waals surface area contributed by atoms with Crippen molar-refractivity contribution < 1.29 is 14.7 Å². The lowest BCUT2D eigenvalue weighted by Gasteiger charge is -2.20. The number of hydrogen-bond donors (Lipinski definition) is 2. The Bertz CT molecular complexity index is 458.